The van der Waals surface area contributed by atoms with E-state index in [2.05, 4.69) is 20.8 Å². The van der Waals surface area contributed by atoms with Crippen LogP contribution >= 0.6 is 0 Å². The highest BCUT2D eigenvalue weighted by Gasteiger charge is 2.55. The van der Waals surface area contributed by atoms with Gasteiger partial charge < -0.3 is 14.6 Å². The molecular formula is C15H28O3. The van der Waals surface area contributed by atoms with E-state index in [9.17, 15) is 5.11 Å². The van der Waals surface area contributed by atoms with E-state index in [0.717, 1.165) is 19.3 Å². The second kappa shape index (κ2) is 5.48. The van der Waals surface area contributed by atoms with E-state index in [4.69, 9.17) is 9.47 Å². The Bertz CT molecular complexity index is 263. The number of aliphatic hydroxyl groups is 1. The van der Waals surface area contributed by atoms with Crippen LogP contribution in [0.3, 0.4) is 0 Å². The van der Waals surface area contributed by atoms with E-state index in [1.54, 1.807) is 0 Å². The second-order valence-electron chi connectivity index (χ2n) is 6.87. The lowest BCUT2D eigenvalue weighted by molar-refractivity contribution is -0.212. The topological polar surface area (TPSA) is 38.7 Å². The van der Waals surface area contributed by atoms with Crippen LogP contribution in [0.25, 0.3) is 0 Å². The molecule has 2 unspecified atom stereocenters. The largest absolute Gasteiger partial charge is 0.392 e. The number of ether oxygens (including phenoxy) is 2. The van der Waals surface area contributed by atoms with Crippen LogP contribution in [0.2, 0.25) is 0 Å². The van der Waals surface area contributed by atoms with Gasteiger partial charge in [0.05, 0.1) is 31.0 Å². The van der Waals surface area contributed by atoms with E-state index < -0.39 is 0 Å². The summed E-state index contributed by atoms with van der Waals surface area (Å²) in [6, 6.07) is 0. The highest BCUT2D eigenvalue weighted by Crippen LogP contribution is 2.53. The van der Waals surface area contributed by atoms with E-state index >= 15 is 0 Å². The lowest BCUT2D eigenvalue weighted by Gasteiger charge is -2.55. The van der Waals surface area contributed by atoms with Crippen LogP contribution in [-0.4, -0.2) is 36.1 Å². The van der Waals surface area contributed by atoms with Crippen LogP contribution in [0.1, 0.15) is 59.3 Å². The molecule has 0 amide bonds. The molecule has 3 nitrogen and oxygen atoms in total. The van der Waals surface area contributed by atoms with Crippen molar-refractivity contribution in [2.24, 2.45) is 5.41 Å². The predicted octanol–water partition coefficient (Wildman–Crippen LogP) is 2.90. The minimum absolute atomic E-state index is 0.0833. The second-order valence-corrected chi connectivity index (χ2v) is 6.87. The van der Waals surface area contributed by atoms with Gasteiger partial charge in [0.1, 0.15) is 0 Å². The van der Waals surface area contributed by atoms with Crippen LogP contribution in [0.4, 0.5) is 0 Å². The first-order valence-corrected chi connectivity index (χ1v) is 7.38. The molecule has 1 spiro atoms. The van der Waals surface area contributed by atoms with E-state index in [-0.39, 0.29) is 23.2 Å². The summed E-state index contributed by atoms with van der Waals surface area (Å²) in [5.74, 6) is 0. The molecule has 2 fully saturated rings. The molecule has 0 aromatic heterocycles. The van der Waals surface area contributed by atoms with Gasteiger partial charge in [-0.05, 0) is 33.6 Å². The summed E-state index contributed by atoms with van der Waals surface area (Å²) in [7, 11) is 0. The van der Waals surface area contributed by atoms with Crippen molar-refractivity contribution in [2.45, 2.75) is 77.1 Å². The molecule has 106 valence electrons. The summed E-state index contributed by atoms with van der Waals surface area (Å²) in [5, 5.41) is 10.1. The Kier molecular flexibility index (Phi) is 4.35. The zero-order valence-electron chi connectivity index (χ0n) is 12.1. The number of rotatable bonds is 4. The van der Waals surface area contributed by atoms with Gasteiger partial charge in [-0.1, -0.05) is 19.3 Å². The Labute approximate surface area is 111 Å². The molecule has 0 heterocycles. The van der Waals surface area contributed by atoms with Gasteiger partial charge in [0.25, 0.3) is 0 Å². The first-order valence-electron chi connectivity index (χ1n) is 7.38. The van der Waals surface area contributed by atoms with Crippen molar-refractivity contribution in [1.29, 1.82) is 0 Å². The molecule has 2 rings (SSSR count). The van der Waals surface area contributed by atoms with Crippen molar-refractivity contribution >= 4 is 0 Å². The normalized spacial score (nSPS) is 31.3. The van der Waals surface area contributed by atoms with Gasteiger partial charge >= 0.3 is 0 Å². The molecule has 18 heavy (non-hydrogen) atoms. The molecule has 2 aliphatic rings. The van der Waals surface area contributed by atoms with Crippen molar-refractivity contribution < 1.29 is 14.6 Å². The average Bonchev–Trinajstić information content (AvgIpc) is 2.33. The Hall–Kier alpha value is -0.120. The molecule has 0 saturated heterocycles. The first kappa shape index (κ1) is 14.3. The monoisotopic (exact) mass is 256 g/mol. The molecule has 0 aromatic carbocycles. The van der Waals surface area contributed by atoms with Gasteiger partial charge in [-0.25, -0.2) is 0 Å². The fraction of sp³-hybridized carbons (Fsp3) is 1.00. The van der Waals surface area contributed by atoms with E-state index in [0.29, 0.717) is 13.2 Å². The maximum atomic E-state index is 10.1. The maximum Gasteiger partial charge on any atom is 0.0707 e. The third-order valence-electron chi connectivity index (χ3n) is 4.46. The third kappa shape index (κ3) is 3.06. The molecule has 0 bridgehead atoms. The van der Waals surface area contributed by atoms with Gasteiger partial charge in [-0.3, -0.25) is 0 Å². The number of hydrogen-bond acceptors (Lipinski definition) is 3. The summed E-state index contributed by atoms with van der Waals surface area (Å²) >= 11 is 0. The summed E-state index contributed by atoms with van der Waals surface area (Å²) in [6.45, 7) is 7.47. The van der Waals surface area contributed by atoms with Crippen LogP contribution in [0.15, 0.2) is 0 Å². The first-order chi connectivity index (χ1) is 8.44. The van der Waals surface area contributed by atoms with Gasteiger partial charge in [-0.15, -0.1) is 0 Å². The zero-order chi connectivity index (χ0) is 13.2. The molecule has 0 radical (unpaired) electrons. The van der Waals surface area contributed by atoms with Crippen LogP contribution < -0.4 is 0 Å². The van der Waals surface area contributed by atoms with E-state index in [1.165, 1.54) is 19.3 Å². The highest BCUT2D eigenvalue weighted by molar-refractivity contribution is 5.05. The Balaban J connectivity index is 1.73. The Morgan fingerprint density at radius 3 is 2.33 bits per heavy atom. The predicted molar refractivity (Wildman–Crippen MR) is 71.6 cm³/mol. The minimum Gasteiger partial charge on any atom is -0.392 e. The molecule has 1 N–H and O–H groups in total. The maximum absolute atomic E-state index is 10.1. The van der Waals surface area contributed by atoms with Crippen LogP contribution in [0.5, 0.6) is 0 Å². The summed E-state index contributed by atoms with van der Waals surface area (Å²) < 4.78 is 11.6. The summed E-state index contributed by atoms with van der Waals surface area (Å²) in [5.41, 5.74) is -0.00893. The van der Waals surface area contributed by atoms with Crippen molar-refractivity contribution in [3.63, 3.8) is 0 Å². The van der Waals surface area contributed by atoms with Crippen LogP contribution in [-0.2, 0) is 9.47 Å². The third-order valence-corrected chi connectivity index (χ3v) is 4.46. The lowest BCUT2D eigenvalue weighted by atomic mass is 9.56. The molecule has 2 atom stereocenters. The SMILES string of the molecule is CC(C)(C)OCCOC1CC(O)C12CCCCC2. The zero-order valence-corrected chi connectivity index (χ0v) is 12.1. The highest BCUT2D eigenvalue weighted by atomic mass is 16.5. The van der Waals surface area contributed by atoms with Gasteiger partial charge in [0.15, 0.2) is 0 Å². The average molecular weight is 256 g/mol. The summed E-state index contributed by atoms with van der Waals surface area (Å²) in [6.07, 6.45) is 7.02. The van der Waals surface area contributed by atoms with Crippen LogP contribution in [0, 0.1) is 5.41 Å². The van der Waals surface area contributed by atoms with Gasteiger partial charge in [0.2, 0.25) is 0 Å². The molecule has 0 aliphatic heterocycles. The Morgan fingerprint density at radius 2 is 1.78 bits per heavy atom. The van der Waals surface area contributed by atoms with Gasteiger partial charge in [-0.2, -0.15) is 0 Å². The molecule has 3 heteroatoms. The molecular weight excluding hydrogens is 228 g/mol. The summed E-state index contributed by atoms with van der Waals surface area (Å²) in [4.78, 5) is 0. The lowest BCUT2D eigenvalue weighted by Crippen LogP contribution is -2.59. The van der Waals surface area contributed by atoms with Crippen molar-refractivity contribution in [3.8, 4) is 0 Å². The van der Waals surface area contributed by atoms with Crippen molar-refractivity contribution in [3.05, 3.63) is 0 Å². The number of hydrogen-bond donors (Lipinski definition) is 1. The standard InChI is InChI=1S/C15H28O3/c1-14(2,3)18-10-9-17-13-11-12(16)15(13)7-5-4-6-8-15/h12-13,16H,4-11H2,1-3H3. The quantitative estimate of drug-likeness (QED) is 0.786. The smallest absolute Gasteiger partial charge is 0.0707 e. The fourth-order valence-electron chi connectivity index (χ4n) is 3.36. The molecule has 0 aromatic rings. The molecule has 2 saturated carbocycles. The van der Waals surface area contributed by atoms with Crippen molar-refractivity contribution in [1.82, 2.24) is 0 Å². The minimum atomic E-state index is -0.133. The molecule has 2 aliphatic carbocycles. The van der Waals surface area contributed by atoms with Crippen molar-refractivity contribution in [2.75, 3.05) is 13.2 Å². The van der Waals surface area contributed by atoms with Gasteiger partial charge in [0, 0.05) is 11.8 Å². The fourth-order valence-corrected chi connectivity index (χ4v) is 3.36. The van der Waals surface area contributed by atoms with E-state index in [1.807, 2.05) is 0 Å². The number of aliphatic hydroxyl groups excluding tert-OH is 1. The Morgan fingerprint density at radius 1 is 1.11 bits per heavy atom.